The summed E-state index contributed by atoms with van der Waals surface area (Å²) in [5.74, 6) is 2.03. The Morgan fingerprint density at radius 3 is 2.81 bits per heavy atom. The van der Waals surface area contributed by atoms with Gasteiger partial charge in [0.05, 0.1) is 11.6 Å². The number of furan rings is 1. The van der Waals surface area contributed by atoms with E-state index in [2.05, 4.69) is 39.3 Å². The van der Waals surface area contributed by atoms with Crippen LogP contribution in [0.3, 0.4) is 0 Å². The SMILES string of the molecule is CN1CCC(N(C)c2nccc3oc(-c4cnc5ccc(OC6CC(NC(=O)O)C6)nn45)cc23)CC1. The molecule has 1 amide bonds. The second-order valence-corrected chi connectivity index (χ2v) is 9.75. The number of carboxylic acid groups (broad SMARTS) is 1. The fraction of sp³-hybridized carbons (Fsp3) is 0.440. The Labute approximate surface area is 207 Å². The lowest BCUT2D eigenvalue weighted by Gasteiger charge is -2.35. The molecular weight excluding hydrogens is 462 g/mol. The van der Waals surface area contributed by atoms with Crippen molar-refractivity contribution in [2.75, 3.05) is 32.1 Å². The van der Waals surface area contributed by atoms with Crippen LogP contribution in [-0.4, -0.2) is 81.1 Å². The van der Waals surface area contributed by atoms with E-state index in [9.17, 15) is 4.79 Å². The number of aromatic nitrogens is 4. The van der Waals surface area contributed by atoms with Gasteiger partial charge in [-0.05, 0) is 51.2 Å². The van der Waals surface area contributed by atoms with Crippen LogP contribution >= 0.6 is 0 Å². The Morgan fingerprint density at radius 2 is 2.03 bits per heavy atom. The average Bonchev–Trinajstić information content (AvgIpc) is 3.46. The summed E-state index contributed by atoms with van der Waals surface area (Å²) in [6, 6.07) is 7.88. The number of nitrogens with one attached hydrogen (secondary N) is 1. The largest absolute Gasteiger partial charge is 0.473 e. The molecule has 1 saturated heterocycles. The van der Waals surface area contributed by atoms with Gasteiger partial charge in [-0.3, -0.25) is 0 Å². The number of anilines is 1. The standard InChI is InChI=1S/C25H29N7O4/c1-30-9-6-16(7-10-30)31(2)24-18-13-21(36-20(18)5-8-26-24)19-14-27-22-3-4-23(29-32(19)22)35-17-11-15(12-17)28-25(33)34/h3-5,8,13-17,28H,6-7,9-12H2,1-2H3,(H,33,34). The topological polar surface area (TPSA) is 121 Å². The Kier molecular flexibility index (Phi) is 5.63. The van der Waals surface area contributed by atoms with Crippen LogP contribution in [0, 0.1) is 0 Å². The van der Waals surface area contributed by atoms with Crippen LogP contribution in [0.5, 0.6) is 5.88 Å². The minimum atomic E-state index is -1.01. The van der Waals surface area contributed by atoms with Gasteiger partial charge in [0.2, 0.25) is 5.88 Å². The van der Waals surface area contributed by atoms with Crippen molar-refractivity contribution in [2.24, 2.45) is 0 Å². The van der Waals surface area contributed by atoms with Gasteiger partial charge in [0, 0.05) is 44.2 Å². The predicted octanol–water partition coefficient (Wildman–Crippen LogP) is 3.25. The third-order valence-corrected chi connectivity index (χ3v) is 7.29. The summed E-state index contributed by atoms with van der Waals surface area (Å²) in [4.78, 5) is 24.6. The Hall–Kier alpha value is -3.86. The van der Waals surface area contributed by atoms with Gasteiger partial charge in [0.15, 0.2) is 11.4 Å². The highest BCUT2D eigenvalue weighted by molar-refractivity contribution is 5.92. The molecular formula is C25H29N7O4. The average molecular weight is 492 g/mol. The molecule has 11 nitrogen and oxygen atoms in total. The van der Waals surface area contributed by atoms with Crippen molar-refractivity contribution >= 4 is 28.5 Å². The van der Waals surface area contributed by atoms with Crippen molar-refractivity contribution in [3.05, 3.63) is 36.7 Å². The molecule has 36 heavy (non-hydrogen) atoms. The van der Waals surface area contributed by atoms with Gasteiger partial charge in [-0.2, -0.15) is 0 Å². The van der Waals surface area contributed by atoms with E-state index in [0.717, 1.165) is 48.4 Å². The van der Waals surface area contributed by atoms with Gasteiger partial charge in [-0.15, -0.1) is 5.10 Å². The number of nitrogens with zero attached hydrogens (tertiary/aromatic N) is 6. The first kappa shape index (κ1) is 22.6. The molecule has 0 radical (unpaired) electrons. The molecule has 4 aromatic heterocycles. The summed E-state index contributed by atoms with van der Waals surface area (Å²) >= 11 is 0. The van der Waals surface area contributed by atoms with Crippen molar-refractivity contribution in [3.63, 3.8) is 0 Å². The molecule has 0 atom stereocenters. The second-order valence-electron chi connectivity index (χ2n) is 9.75. The van der Waals surface area contributed by atoms with Crippen LogP contribution in [0.25, 0.3) is 28.1 Å². The van der Waals surface area contributed by atoms with Gasteiger partial charge in [-0.1, -0.05) is 0 Å². The predicted molar refractivity (Wildman–Crippen MR) is 134 cm³/mol. The first-order chi connectivity index (χ1) is 17.4. The highest BCUT2D eigenvalue weighted by atomic mass is 16.5. The summed E-state index contributed by atoms with van der Waals surface area (Å²) in [5, 5.41) is 16.9. The van der Waals surface area contributed by atoms with Crippen LogP contribution in [0.1, 0.15) is 25.7 Å². The molecule has 1 saturated carbocycles. The first-order valence-electron chi connectivity index (χ1n) is 12.3. The maximum Gasteiger partial charge on any atom is 0.404 e. The molecule has 0 unspecified atom stereocenters. The maximum absolute atomic E-state index is 10.8. The number of hydrogen-bond acceptors (Lipinski definition) is 8. The number of rotatable bonds is 6. The zero-order valence-corrected chi connectivity index (χ0v) is 20.3. The first-order valence-corrected chi connectivity index (χ1v) is 12.3. The van der Waals surface area contributed by atoms with Gasteiger partial charge >= 0.3 is 6.09 Å². The van der Waals surface area contributed by atoms with Crippen LogP contribution in [-0.2, 0) is 0 Å². The molecule has 11 heteroatoms. The number of fused-ring (bicyclic) bond motifs is 2. The molecule has 0 bridgehead atoms. The van der Waals surface area contributed by atoms with Crippen LogP contribution in [0.15, 0.2) is 41.1 Å². The lowest BCUT2D eigenvalue weighted by Crippen LogP contribution is -2.48. The fourth-order valence-electron chi connectivity index (χ4n) is 5.12. The minimum absolute atomic E-state index is 0.0753. The molecule has 5 heterocycles. The molecule has 0 spiro atoms. The van der Waals surface area contributed by atoms with Crippen molar-refractivity contribution in [1.29, 1.82) is 0 Å². The number of amides is 1. The van der Waals surface area contributed by atoms with E-state index in [4.69, 9.17) is 19.2 Å². The van der Waals surface area contributed by atoms with Crippen LogP contribution < -0.4 is 15.0 Å². The Morgan fingerprint density at radius 1 is 1.22 bits per heavy atom. The van der Waals surface area contributed by atoms with Crippen molar-refractivity contribution in [1.82, 2.24) is 29.8 Å². The smallest absolute Gasteiger partial charge is 0.404 e. The molecule has 1 aliphatic carbocycles. The van der Waals surface area contributed by atoms with E-state index >= 15 is 0 Å². The molecule has 1 aliphatic heterocycles. The molecule has 0 aromatic carbocycles. The molecule has 6 rings (SSSR count). The quantitative estimate of drug-likeness (QED) is 0.419. The molecule has 2 N–H and O–H groups in total. The highest BCUT2D eigenvalue weighted by Gasteiger charge is 2.32. The summed E-state index contributed by atoms with van der Waals surface area (Å²) in [5.41, 5.74) is 2.17. The Bertz CT molecular complexity index is 1400. The van der Waals surface area contributed by atoms with E-state index in [1.54, 1.807) is 23.0 Å². The van der Waals surface area contributed by atoms with Crippen LogP contribution in [0.4, 0.5) is 10.6 Å². The van der Waals surface area contributed by atoms with Crippen molar-refractivity contribution in [3.8, 4) is 17.3 Å². The number of pyridine rings is 1. The van der Waals surface area contributed by atoms with Gasteiger partial charge in [0.1, 0.15) is 23.2 Å². The number of carbonyl (C=O) groups is 1. The monoisotopic (exact) mass is 491 g/mol. The maximum atomic E-state index is 10.8. The molecule has 2 aliphatic rings. The summed E-state index contributed by atoms with van der Waals surface area (Å²) in [7, 11) is 4.28. The normalized spacial score (nSPS) is 20.9. The molecule has 188 valence electrons. The van der Waals surface area contributed by atoms with E-state index in [1.807, 2.05) is 18.2 Å². The highest BCUT2D eigenvalue weighted by Crippen LogP contribution is 2.34. The summed E-state index contributed by atoms with van der Waals surface area (Å²) in [6.07, 6.45) is 5.89. The lowest BCUT2D eigenvalue weighted by atomic mass is 9.89. The van der Waals surface area contributed by atoms with Gasteiger partial charge < -0.3 is 29.4 Å². The van der Waals surface area contributed by atoms with E-state index in [-0.39, 0.29) is 12.1 Å². The zero-order valence-electron chi connectivity index (χ0n) is 20.3. The van der Waals surface area contributed by atoms with E-state index < -0.39 is 6.09 Å². The number of likely N-dealkylation sites (tertiary alicyclic amines) is 1. The number of imidazole rings is 1. The molecule has 2 fully saturated rings. The van der Waals surface area contributed by atoms with E-state index in [1.165, 1.54) is 0 Å². The van der Waals surface area contributed by atoms with Gasteiger partial charge in [-0.25, -0.2) is 19.3 Å². The van der Waals surface area contributed by atoms with E-state index in [0.29, 0.717) is 36.2 Å². The number of ether oxygens (including phenoxy) is 1. The fourth-order valence-corrected chi connectivity index (χ4v) is 5.12. The second kappa shape index (κ2) is 8.98. The number of piperidine rings is 1. The third-order valence-electron chi connectivity index (χ3n) is 7.29. The van der Waals surface area contributed by atoms with Gasteiger partial charge in [0.25, 0.3) is 0 Å². The minimum Gasteiger partial charge on any atom is -0.473 e. The summed E-state index contributed by atoms with van der Waals surface area (Å²) in [6.45, 7) is 2.16. The number of hydrogen-bond donors (Lipinski definition) is 2. The van der Waals surface area contributed by atoms with Crippen LogP contribution in [0.2, 0.25) is 0 Å². The molecule has 4 aromatic rings. The third kappa shape index (κ3) is 4.19. The zero-order chi connectivity index (χ0) is 24.8. The van der Waals surface area contributed by atoms with Crippen molar-refractivity contribution < 1.29 is 19.1 Å². The Balaban J connectivity index is 1.26. The summed E-state index contributed by atoms with van der Waals surface area (Å²) < 4.78 is 13.9. The lowest BCUT2D eigenvalue weighted by molar-refractivity contribution is 0.0782. The van der Waals surface area contributed by atoms with Crippen molar-refractivity contribution in [2.45, 2.75) is 43.9 Å².